The highest BCUT2D eigenvalue weighted by Crippen LogP contribution is 2.30. The molecule has 1 aliphatic heterocycles. The zero-order chi connectivity index (χ0) is 21.1. The summed E-state index contributed by atoms with van der Waals surface area (Å²) in [7, 11) is 3.04. The van der Waals surface area contributed by atoms with Crippen molar-refractivity contribution in [1.82, 2.24) is 24.4 Å². The lowest BCUT2D eigenvalue weighted by molar-refractivity contribution is 0.0675. The summed E-state index contributed by atoms with van der Waals surface area (Å²) in [5.41, 5.74) is 2.47. The SMILES string of the molecule is COc1ccc(C(=O)N2CCCC(n3c(C)cnc3-c3cccnc3)C2)c(OC)n1. The Morgan fingerprint density at radius 1 is 1.17 bits per heavy atom. The number of rotatable bonds is 5. The number of aromatic nitrogens is 4. The van der Waals surface area contributed by atoms with Crippen LogP contribution in [0.25, 0.3) is 11.4 Å². The molecule has 1 atom stereocenters. The lowest BCUT2D eigenvalue weighted by Crippen LogP contribution is -2.41. The number of hydrogen-bond donors (Lipinski definition) is 0. The summed E-state index contributed by atoms with van der Waals surface area (Å²) in [5, 5.41) is 0. The lowest BCUT2D eigenvalue weighted by Gasteiger charge is -2.35. The van der Waals surface area contributed by atoms with Crippen molar-refractivity contribution in [2.24, 2.45) is 0 Å². The number of hydrogen-bond acceptors (Lipinski definition) is 6. The Kier molecular flexibility index (Phi) is 5.65. The maximum absolute atomic E-state index is 13.3. The van der Waals surface area contributed by atoms with Crippen molar-refractivity contribution in [2.75, 3.05) is 27.3 Å². The van der Waals surface area contributed by atoms with E-state index in [4.69, 9.17) is 9.47 Å². The van der Waals surface area contributed by atoms with Crippen LogP contribution >= 0.6 is 0 Å². The fraction of sp³-hybridized carbons (Fsp3) is 0.364. The fourth-order valence-electron chi connectivity index (χ4n) is 3.99. The van der Waals surface area contributed by atoms with E-state index in [0.29, 0.717) is 24.5 Å². The molecular weight excluding hydrogens is 382 g/mol. The van der Waals surface area contributed by atoms with Crippen molar-refractivity contribution < 1.29 is 14.3 Å². The summed E-state index contributed by atoms with van der Waals surface area (Å²) in [4.78, 5) is 28.2. The Bertz CT molecular complexity index is 1030. The first kappa shape index (κ1) is 19.9. The number of ether oxygens (including phenoxy) is 2. The molecule has 0 spiro atoms. The molecule has 30 heavy (non-hydrogen) atoms. The van der Waals surface area contributed by atoms with E-state index in [2.05, 4.69) is 19.5 Å². The van der Waals surface area contributed by atoms with Crippen LogP contribution in [0.3, 0.4) is 0 Å². The number of pyridine rings is 2. The first-order chi connectivity index (χ1) is 14.6. The number of nitrogens with zero attached hydrogens (tertiary/aromatic N) is 5. The molecule has 0 aliphatic carbocycles. The van der Waals surface area contributed by atoms with Gasteiger partial charge in [0.05, 0.1) is 20.3 Å². The molecule has 4 rings (SSSR count). The van der Waals surface area contributed by atoms with Crippen LogP contribution in [-0.2, 0) is 0 Å². The van der Waals surface area contributed by atoms with Crippen LogP contribution in [0.5, 0.6) is 11.8 Å². The maximum Gasteiger partial charge on any atom is 0.259 e. The van der Waals surface area contributed by atoms with Crippen LogP contribution in [-0.4, -0.2) is 57.6 Å². The molecule has 0 aromatic carbocycles. The highest BCUT2D eigenvalue weighted by atomic mass is 16.5. The van der Waals surface area contributed by atoms with E-state index in [1.54, 1.807) is 18.3 Å². The number of imidazole rings is 1. The molecule has 0 N–H and O–H groups in total. The van der Waals surface area contributed by atoms with Crippen LogP contribution in [0.15, 0.2) is 42.9 Å². The van der Waals surface area contributed by atoms with E-state index in [-0.39, 0.29) is 17.8 Å². The average Bonchev–Trinajstić information content (AvgIpc) is 3.20. The standard InChI is InChI=1S/C22H25N5O3/c1-15-12-24-20(16-6-4-10-23-13-16)27(15)17-7-5-11-26(14-17)22(28)18-8-9-19(29-2)25-21(18)30-3/h4,6,8-10,12-13,17H,5,7,11,14H2,1-3H3. The van der Waals surface area contributed by atoms with E-state index in [0.717, 1.165) is 29.9 Å². The molecule has 8 nitrogen and oxygen atoms in total. The summed E-state index contributed by atoms with van der Waals surface area (Å²) < 4.78 is 12.7. The first-order valence-corrected chi connectivity index (χ1v) is 9.95. The Labute approximate surface area is 175 Å². The van der Waals surface area contributed by atoms with Gasteiger partial charge in [0.1, 0.15) is 11.4 Å². The third-order valence-electron chi connectivity index (χ3n) is 5.42. The minimum atomic E-state index is -0.0904. The molecule has 1 fully saturated rings. The quantitative estimate of drug-likeness (QED) is 0.646. The monoisotopic (exact) mass is 407 g/mol. The number of amides is 1. The average molecular weight is 407 g/mol. The van der Waals surface area contributed by atoms with Gasteiger partial charge in [-0.3, -0.25) is 9.78 Å². The fourth-order valence-corrected chi connectivity index (χ4v) is 3.99. The van der Waals surface area contributed by atoms with Gasteiger partial charge in [0, 0.05) is 49.0 Å². The Morgan fingerprint density at radius 3 is 2.77 bits per heavy atom. The van der Waals surface area contributed by atoms with E-state index in [9.17, 15) is 4.79 Å². The molecule has 1 unspecified atom stereocenters. The Balaban J connectivity index is 1.61. The van der Waals surface area contributed by atoms with E-state index < -0.39 is 0 Å². The molecule has 4 heterocycles. The molecule has 156 valence electrons. The molecule has 1 saturated heterocycles. The van der Waals surface area contributed by atoms with Crippen LogP contribution in [0.4, 0.5) is 0 Å². The first-order valence-electron chi connectivity index (χ1n) is 9.95. The van der Waals surface area contributed by atoms with E-state index in [1.165, 1.54) is 14.2 Å². The predicted molar refractivity (Wildman–Crippen MR) is 112 cm³/mol. The number of carbonyl (C=O) groups excluding carboxylic acids is 1. The Hall–Kier alpha value is -3.42. The summed E-state index contributed by atoms with van der Waals surface area (Å²) >= 11 is 0. The van der Waals surface area contributed by atoms with Crippen LogP contribution in [0, 0.1) is 6.92 Å². The highest BCUT2D eigenvalue weighted by molar-refractivity contribution is 5.96. The second kappa shape index (κ2) is 8.52. The van der Waals surface area contributed by atoms with Gasteiger partial charge in [-0.2, -0.15) is 4.98 Å². The van der Waals surface area contributed by atoms with Gasteiger partial charge in [0.2, 0.25) is 11.8 Å². The third-order valence-corrected chi connectivity index (χ3v) is 5.42. The largest absolute Gasteiger partial charge is 0.481 e. The number of likely N-dealkylation sites (tertiary alicyclic amines) is 1. The summed E-state index contributed by atoms with van der Waals surface area (Å²) in [6.07, 6.45) is 7.33. The molecule has 0 radical (unpaired) electrons. The van der Waals surface area contributed by atoms with E-state index in [1.807, 2.05) is 36.4 Å². The van der Waals surface area contributed by atoms with Crippen molar-refractivity contribution in [3.8, 4) is 23.1 Å². The minimum absolute atomic E-state index is 0.0904. The molecule has 0 saturated carbocycles. The van der Waals surface area contributed by atoms with Crippen LogP contribution < -0.4 is 9.47 Å². The number of methoxy groups -OCH3 is 2. The predicted octanol–water partition coefficient (Wildman–Crippen LogP) is 3.14. The van der Waals surface area contributed by atoms with E-state index >= 15 is 0 Å². The summed E-state index contributed by atoms with van der Waals surface area (Å²) in [6, 6.07) is 7.43. The van der Waals surface area contributed by atoms with Crippen molar-refractivity contribution >= 4 is 5.91 Å². The molecule has 0 bridgehead atoms. The van der Waals surface area contributed by atoms with Gasteiger partial charge in [0.15, 0.2) is 0 Å². The minimum Gasteiger partial charge on any atom is -0.481 e. The number of carbonyl (C=O) groups is 1. The zero-order valence-corrected chi connectivity index (χ0v) is 17.4. The normalized spacial score (nSPS) is 16.4. The van der Waals surface area contributed by atoms with Gasteiger partial charge in [-0.05, 0) is 38.0 Å². The van der Waals surface area contributed by atoms with Gasteiger partial charge in [-0.15, -0.1) is 0 Å². The van der Waals surface area contributed by atoms with Crippen molar-refractivity contribution in [1.29, 1.82) is 0 Å². The van der Waals surface area contributed by atoms with Crippen molar-refractivity contribution in [3.63, 3.8) is 0 Å². The second-order valence-corrected chi connectivity index (χ2v) is 7.29. The van der Waals surface area contributed by atoms with Crippen molar-refractivity contribution in [3.05, 3.63) is 54.1 Å². The zero-order valence-electron chi connectivity index (χ0n) is 17.4. The van der Waals surface area contributed by atoms with Gasteiger partial charge < -0.3 is 18.9 Å². The number of piperidine rings is 1. The van der Waals surface area contributed by atoms with Crippen LogP contribution in [0.2, 0.25) is 0 Å². The second-order valence-electron chi connectivity index (χ2n) is 7.29. The topological polar surface area (TPSA) is 82.4 Å². The maximum atomic E-state index is 13.3. The van der Waals surface area contributed by atoms with Gasteiger partial charge >= 0.3 is 0 Å². The Morgan fingerprint density at radius 2 is 2.03 bits per heavy atom. The highest BCUT2D eigenvalue weighted by Gasteiger charge is 2.29. The molecule has 1 amide bonds. The molecule has 3 aromatic heterocycles. The van der Waals surface area contributed by atoms with Crippen molar-refractivity contribution in [2.45, 2.75) is 25.8 Å². The van der Waals surface area contributed by atoms with Gasteiger partial charge in [-0.1, -0.05) is 0 Å². The third kappa shape index (κ3) is 3.72. The molecule has 8 heteroatoms. The number of aryl methyl sites for hydroxylation is 1. The lowest BCUT2D eigenvalue weighted by atomic mass is 10.0. The smallest absolute Gasteiger partial charge is 0.259 e. The van der Waals surface area contributed by atoms with Crippen LogP contribution in [0.1, 0.15) is 34.9 Å². The molecule has 3 aromatic rings. The molecule has 1 aliphatic rings. The summed E-state index contributed by atoms with van der Waals surface area (Å²) in [6.45, 7) is 3.34. The van der Waals surface area contributed by atoms with Gasteiger partial charge in [0.25, 0.3) is 5.91 Å². The van der Waals surface area contributed by atoms with Gasteiger partial charge in [-0.25, -0.2) is 4.98 Å². The molecular formula is C22H25N5O3. The summed E-state index contributed by atoms with van der Waals surface area (Å²) in [5.74, 6) is 1.47.